The van der Waals surface area contributed by atoms with Crippen LogP contribution in [0.15, 0.2) is 18.5 Å². The first-order valence-electron chi connectivity index (χ1n) is 7.08. The standard InChI is InChI=1S/C14H21FN4.ClH/c15-13-7-12(8-17-9-13)10-18-4-1-14(11-18)19-5-2-16-3-6-19;/h7-9,14,16H,1-6,10-11H2;1H. The fourth-order valence-electron chi connectivity index (χ4n) is 3.10. The monoisotopic (exact) mass is 300 g/mol. The Hall–Kier alpha value is -0.750. The zero-order chi connectivity index (χ0) is 13.1. The molecule has 1 unspecified atom stereocenters. The first kappa shape index (κ1) is 15.6. The second kappa shape index (κ2) is 7.31. The van der Waals surface area contributed by atoms with Gasteiger partial charge in [-0.1, -0.05) is 0 Å². The number of likely N-dealkylation sites (tertiary alicyclic amines) is 1. The van der Waals surface area contributed by atoms with Crippen LogP contribution in [0.1, 0.15) is 12.0 Å². The van der Waals surface area contributed by atoms with E-state index in [2.05, 4.69) is 20.1 Å². The van der Waals surface area contributed by atoms with E-state index in [0.717, 1.165) is 51.4 Å². The molecule has 2 fully saturated rings. The zero-order valence-corrected chi connectivity index (χ0v) is 12.4. The lowest BCUT2D eigenvalue weighted by Gasteiger charge is -2.32. The van der Waals surface area contributed by atoms with Crippen molar-refractivity contribution in [2.75, 3.05) is 39.3 Å². The minimum absolute atomic E-state index is 0. The topological polar surface area (TPSA) is 31.4 Å². The van der Waals surface area contributed by atoms with Crippen LogP contribution in [0.4, 0.5) is 4.39 Å². The van der Waals surface area contributed by atoms with Gasteiger partial charge in [-0.15, -0.1) is 12.4 Å². The molecule has 2 saturated heterocycles. The van der Waals surface area contributed by atoms with Gasteiger partial charge in [-0.25, -0.2) is 4.39 Å². The molecule has 4 nitrogen and oxygen atoms in total. The molecule has 1 aromatic rings. The molecule has 3 heterocycles. The molecule has 0 amide bonds. The van der Waals surface area contributed by atoms with Crippen LogP contribution < -0.4 is 5.32 Å². The Morgan fingerprint density at radius 3 is 2.80 bits per heavy atom. The molecule has 0 bridgehead atoms. The Morgan fingerprint density at radius 1 is 1.25 bits per heavy atom. The number of hydrogen-bond donors (Lipinski definition) is 1. The van der Waals surface area contributed by atoms with Gasteiger partial charge in [0, 0.05) is 58.1 Å². The molecule has 0 aromatic carbocycles. The molecule has 3 rings (SSSR count). The van der Waals surface area contributed by atoms with E-state index in [9.17, 15) is 4.39 Å². The van der Waals surface area contributed by atoms with Gasteiger partial charge in [-0.3, -0.25) is 14.8 Å². The van der Waals surface area contributed by atoms with E-state index in [-0.39, 0.29) is 18.2 Å². The molecule has 2 aliphatic heterocycles. The van der Waals surface area contributed by atoms with E-state index in [1.807, 2.05) is 0 Å². The highest BCUT2D eigenvalue weighted by Gasteiger charge is 2.28. The minimum Gasteiger partial charge on any atom is -0.314 e. The summed E-state index contributed by atoms with van der Waals surface area (Å²) in [6, 6.07) is 2.26. The predicted octanol–water partition coefficient (Wildman–Crippen LogP) is 1.12. The number of hydrogen-bond acceptors (Lipinski definition) is 4. The van der Waals surface area contributed by atoms with E-state index in [0.29, 0.717) is 6.04 Å². The molecular weight excluding hydrogens is 279 g/mol. The maximum atomic E-state index is 13.1. The predicted molar refractivity (Wildman–Crippen MR) is 79.6 cm³/mol. The van der Waals surface area contributed by atoms with Crippen LogP contribution in [0.25, 0.3) is 0 Å². The Bertz CT molecular complexity index is 425. The van der Waals surface area contributed by atoms with Gasteiger partial charge in [-0.2, -0.15) is 0 Å². The van der Waals surface area contributed by atoms with Crippen LogP contribution in [0.3, 0.4) is 0 Å². The molecule has 0 spiro atoms. The maximum absolute atomic E-state index is 13.1. The summed E-state index contributed by atoms with van der Waals surface area (Å²) in [6.07, 6.45) is 4.25. The van der Waals surface area contributed by atoms with E-state index in [1.165, 1.54) is 12.6 Å². The number of nitrogens with one attached hydrogen (secondary N) is 1. The maximum Gasteiger partial charge on any atom is 0.141 e. The van der Waals surface area contributed by atoms with Gasteiger partial charge in [0.15, 0.2) is 0 Å². The minimum atomic E-state index is -0.240. The first-order chi connectivity index (χ1) is 9.31. The number of rotatable bonds is 3. The molecule has 2 aliphatic rings. The van der Waals surface area contributed by atoms with Gasteiger partial charge < -0.3 is 5.32 Å². The normalized spacial score (nSPS) is 24.6. The van der Waals surface area contributed by atoms with Gasteiger partial charge in [0.25, 0.3) is 0 Å². The van der Waals surface area contributed by atoms with Gasteiger partial charge in [0.05, 0.1) is 6.20 Å². The van der Waals surface area contributed by atoms with Crippen LogP contribution in [-0.4, -0.2) is 60.1 Å². The number of halogens is 2. The van der Waals surface area contributed by atoms with Crippen molar-refractivity contribution >= 4 is 12.4 Å². The van der Waals surface area contributed by atoms with Crippen molar-refractivity contribution in [2.45, 2.75) is 19.0 Å². The average molecular weight is 301 g/mol. The number of nitrogens with zero attached hydrogens (tertiary/aromatic N) is 3. The lowest BCUT2D eigenvalue weighted by atomic mass is 10.2. The van der Waals surface area contributed by atoms with Gasteiger partial charge in [-0.05, 0) is 18.1 Å². The quantitative estimate of drug-likeness (QED) is 0.906. The molecule has 0 saturated carbocycles. The molecule has 0 aliphatic carbocycles. The summed E-state index contributed by atoms with van der Waals surface area (Å²) in [6.45, 7) is 7.52. The molecule has 1 atom stereocenters. The highest BCUT2D eigenvalue weighted by molar-refractivity contribution is 5.85. The second-order valence-electron chi connectivity index (χ2n) is 5.47. The molecule has 1 aromatic heterocycles. The van der Waals surface area contributed by atoms with Crippen molar-refractivity contribution in [3.8, 4) is 0 Å². The van der Waals surface area contributed by atoms with E-state index < -0.39 is 0 Å². The third-order valence-electron chi connectivity index (χ3n) is 4.08. The van der Waals surface area contributed by atoms with Crippen LogP contribution >= 0.6 is 12.4 Å². The van der Waals surface area contributed by atoms with E-state index in [4.69, 9.17) is 0 Å². The summed E-state index contributed by atoms with van der Waals surface area (Å²) in [5.41, 5.74) is 0.973. The van der Waals surface area contributed by atoms with Crippen molar-refractivity contribution in [1.29, 1.82) is 0 Å². The van der Waals surface area contributed by atoms with Crippen LogP contribution in [0.2, 0.25) is 0 Å². The smallest absolute Gasteiger partial charge is 0.141 e. The lowest BCUT2D eigenvalue weighted by molar-refractivity contribution is 0.170. The largest absolute Gasteiger partial charge is 0.314 e. The number of pyridine rings is 1. The summed E-state index contributed by atoms with van der Waals surface area (Å²) >= 11 is 0. The summed E-state index contributed by atoms with van der Waals surface area (Å²) in [5.74, 6) is -0.240. The fourth-order valence-corrected chi connectivity index (χ4v) is 3.10. The van der Waals surface area contributed by atoms with Crippen LogP contribution in [-0.2, 0) is 6.54 Å². The third kappa shape index (κ3) is 3.88. The first-order valence-corrected chi connectivity index (χ1v) is 7.08. The molecular formula is C14H22ClFN4. The number of aromatic nitrogens is 1. The third-order valence-corrected chi connectivity index (χ3v) is 4.08. The van der Waals surface area contributed by atoms with Gasteiger partial charge in [0.2, 0.25) is 0 Å². The highest BCUT2D eigenvalue weighted by Crippen LogP contribution is 2.18. The molecule has 6 heteroatoms. The van der Waals surface area contributed by atoms with Crippen molar-refractivity contribution < 1.29 is 4.39 Å². The Labute approximate surface area is 125 Å². The molecule has 112 valence electrons. The van der Waals surface area contributed by atoms with Gasteiger partial charge >= 0.3 is 0 Å². The zero-order valence-electron chi connectivity index (χ0n) is 11.6. The second-order valence-corrected chi connectivity index (χ2v) is 5.47. The average Bonchev–Trinajstić information content (AvgIpc) is 2.88. The lowest BCUT2D eigenvalue weighted by Crippen LogP contribution is -2.49. The summed E-state index contributed by atoms with van der Waals surface area (Å²) in [4.78, 5) is 8.90. The van der Waals surface area contributed by atoms with Crippen molar-refractivity contribution in [1.82, 2.24) is 20.1 Å². The summed E-state index contributed by atoms with van der Waals surface area (Å²) in [7, 11) is 0. The van der Waals surface area contributed by atoms with Gasteiger partial charge in [0.1, 0.15) is 5.82 Å². The number of piperazine rings is 1. The van der Waals surface area contributed by atoms with Crippen molar-refractivity contribution in [3.05, 3.63) is 29.8 Å². The molecule has 0 radical (unpaired) electrons. The fraction of sp³-hybridized carbons (Fsp3) is 0.643. The summed E-state index contributed by atoms with van der Waals surface area (Å²) in [5, 5.41) is 3.39. The van der Waals surface area contributed by atoms with Crippen molar-refractivity contribution in [3.63, 3.8) is 0 Å². The highest BCUT2D eigenvalue weighted by atomic mass is 35.5. The summed E-state index contributed by atoms with van der Waals surface area (Å²) < 4.78 is 13.1. The Morgan fingerprint density at radius 2 is 2.05 bits per heavy atom. The Kier molecular flexibility index (Phi) is 5.72. The van der Waals surface area contributed by atoms with Crippen molar-refractivity contribution in [2.24, 2.45) is 0 Å². The van der Waals surface area contributed by atoms with E-state index in [1.54, 1.807) is 12.3 Å². The molecule has 20 heavy (non-hydrogen) atoms. The molecule has 1 N–H and O–H groups in total. The van der Waals surface area contributed by atoms with Crippen LogP contribution in [0.5, 0.6) is 0 Å². The van der Waals surface area contributed by atoms with E-state index >= 15 is 0 Å². The SMILES string of the molecule is Cl.Fc1cncc(CN2CCC(N3CCNCC3)C2)c1. The Balaban J connectivity index is 0.00000147. The van der Waals surface area contributed by atoms with Crippen LogP contribution in [0, 0.1) is 5.82 Å².